The minimum absolute atomic E-state index is 0.0159. The predicted molar refractivity (Wildman–Crippen MR) is 97.2 cm³/mol. The zero-order valence-corrected chi connectivity index (χ0v) is 15.9. The Labute approximate surface area is 150 Å². The van der Waals surface area contributed by atoms with Crippen molar-refractivity contribution in [2.45, 2.75) is 30.2 Å². The van der Waals surface area contributed by atoms with Crippen LogP contribution in [0.4, 0.5) is 0 Å². The fraction of sp³-hybridized carbons (Fsp3) is 0.611. The highest BCUT2D eigenvalue weighted by Crippen LogP contribution is 2.17. The first-order valence-electron chi connectivity index (χ1n) is 8.70. The Kier molecular flexibility index (Phi) is 7.40. The van der Waals surface area contributed by atoms with Crippen LogP contribution in [0.3, 0.4) is 0 Å². The van der Waals surface area contributed by atoms with Gasteiger partial charge < -0.3 is 14.5 Å². The lowest BCUT2D eigenvalue weighted by Gasteiger charge is -2.35. The number of amides is 1. The Morgan fingerprint density at radius 3 is 2.36 bits per heavy atom. The highest BCUT2D eigenvalue weighted by molar-refractivity contribution is 7.91. The second kappa shape index (κ2) is 9.31. The Balaban J connectivity index is 2.00. The summed E-state index contributed by atoms with van der Waals surface area (Å²) >= 11 is 0. The molecular formula is C18H28N2O4S. The largest absolute Gasteiger partial charge is 0.381 e. The number of hydrogen-bond donors (Lipinski definition) is 0. The standard InChI is InChI=1S/C18H28N2O4S/c1-19(2)11-12-20(16-8-13-24-14-9-16)18(21)10-15-25(22,23)17-6-4-3-5-7-17/h3-7,16H,8-15H2,1-2H3. The third-order valence-electron chi connectivity index (χ3n) is 4.43. The first-order valence-corrected chi connectivity index (χ1v) is 10.3. The molecule has 0 spiro atoms. The maximum atomic E-state index is 12.7. The van der Waals surface area contributed by atoms with Crippen LogP contribution in [-0.2, 0) is 19.4 Å². The highest BCUT2D eigenvalue weighted by Gasteiger charge is 2.27. The molecule has 6 nitrogen and oxygen atoms in total. The van der Waals surface area contributed by atoms with Crippen molar-refractivity contribution in [3.63, 3.8) is 0 Å². The number of benzene rings is 1. The molecular weight excluding hydrogens is 340 g/mol. The van der Waals surface area contributed by atoms with Crippen molar-refractivity contribution < 1.29 is 17.9 Å². The van der Waals surface area contributed by atoms with E-state index in [1.807, 2.05) is 23.9 Å². The second-order valence-corrected chi connectivity index (χ2v) is 8.73. The van der Waals surface area contributed by atoms with Gasteiger partial charge in [-0.15, -0.1) is 0 Å². The van der Waals surface area contributed by atoms with Crippen LogP contribution in [0.15, 0.2) is 35.2 Å². The van der Waals surface area contributed by atoms with E-state index in [-0.39, 0.29) is 29.0 Å². The molecule has 140 valence electrons. The molecule has 7 heteroatoms. The van der Waals surface area contributed by atoms with Crippen molar-refractivity contribution in [1.82, 2.24) is 9.80 Å². The summed E-state index contributed by atoms with van der Waals surface area (Å²) < 4.78 is 30.2. The Hall–Kier alpha value is -1.44. The van der Waals surface area contributed by atoms with Crippen molar-refractivity contribution in [1.29, 1.82) is 0 Å². The Bertz CT molecular complexity index is 640. The average Bonchev–Trinajstić information content (AvgIpc) is 2.61. The molecule has 0 aliphatic carbocycles. The molecule has 0 unspecified atom stereocenters. The first-order chi connectivity index (χ1) is 11.9. The van der Waals surface area contributed by atoms with Gasteiger partial charge in [-0.2, -0.15) is 0 Å². The lowest BCUT2D eigenvalue weighted by molar-refractivity contribution is -0.135. The van der Waals surface area contributed by atoms with E-state index in [4.69, 9.17) is 4.74 Å². The summed E-state index contributed by atoms with van der Waals surface area (Å²) in [6.45, 7) is 2.67. The van der Waals surface area contributed by atoms with Crippen LogP contribution in [0.5, 0.6) is 0 Å². The Morgan fingerprint density at radius 1 is 1.12 bits per heavy atom. The van der Waals surface area contributed by atoms with Gasteiger partial charge in [0.25, 0.3) is 0 Å². The lowest BCUT2D eigenvalue weighted by atomic mass is 10.1. The van der Waals surface area contributed by atoms with Crippen molar-refractivity contribution in [2.75, 3.05) is 46.2 Å². The molecule has 1 fully saturated rings. The summed E-state index contributed by atoms with van der Waals surface area (Å²) in [5, 5.41) is 0. The van der Waals surface area contributed by atoms with Crippen molar-refractivity contribution in [2.24, 2.45) is 0 Å². The normalized spacial score (nSPS) is 16.1. The lowest BCUT2D eigenvalue weighted by Crippen LogP contribution is -2.46. The van der Waals surface area contributed by atoms with E-state index in [1.54, 1.807) is 30.3 Å². The monoisotopic (exact) mass is 368 g/mol. The zero-order valence-electron chi connectivity index (χ0n) is 15.1. The smallest absolute Gasteiger partial charge is 0.223 e. The number of rotatable bonds is 8. The summed E-state index contributed by atoms with van der Waals surface area (Å²) in [5.74, 6) is -0.245. The minimum Gasteiger partial charge on any atom is -0.381 e. The predicted octanol–water partition coefficient (Wildman–Crippen LogP) is 1.42. The van der Waals surface area contributed by atoms with Crippen LogP contribution in [0, 0.1) is 0 Å². The highest BCUT2D eigenvalue weighted by atomic mass is 32.2. The van der Waals surface area contributed by atoms with Crippen LogP contribution < -0.4 is 0 Å². The van der Waals surface area contributed by atoms with Gasteiger partial charge >= 0.3 is 0 Å². The number of hydrogen-bond acceptors (Lipinski definition) is 5. The van der Waals surface area contributed by atoms with Gasteiger partial charge in [0.15, 0.2) is 9.84 Å². The molecule has 0 atom stereocenters. The van der Waals surface area contributed by atoms with Gasteiger partial charge in [0.05, 0.1) is 10.6 Å². The van der Waals surface area contributed by atoms with E-state index in [9.17, 15) is 13.2 Å². The molecule has 0 bridgehead atoms. The molecule has 25 heavy (non-hydrogen) atoms. The van der Waals surface area contributed by atoms with Crippen molar-refractivity contribution in [3.8, 4) is 0 Å². The maximum absolute atomic E-state index is 12.7. The van der Waals surface area contributed by atoms with E-state index in [2.05, 4.69) is 0 Å². The molecule has 1 saturated heterocycles. The van der Waals surface area contributed by atoms with Crippen LogP contribution >= 0.6 is 0 Å². The fourth-order valence-corrected chi connectivity index (χ4v) is 4.18. The quantitative estimate of drug-likeness (QED) is 0.694. The molecule has 0 saturated carbocycles. The van der Waals surface area contributed by atoms with Crippen molar-refractivity contribution in [3.05, 3.63) is 30.3 Å². The summed E-state index contributed by atoms with van der Waals surface area (Å²) in [6.07, 6.45) is 1.64. The van der Waals surface area contributed by atoms with Gasteiger partial charge in [-0.1, -0.05) is 18.2 Å². The van der Waals surface area contributed by atoms with Crippen LogP contribution in [0.2, 0.25) is 0 Å². The molecule has 1 aromatic rings. The number of carbonyl (C=O) groups is 1. The summed E-state index contributed by atoms with van der Waals surface area (Å²) in [4.78, 5) is 16.9. The van der Waals surface area contributed by atoms with Gasteiger partial charge in [-0.3, -0.25) is 4.79 Å². The molecule has 0 N–H and O–H groups in total. The second-order valence-electron chi connectivity index (χ2n) is 6.62. The molecule has 1 aliphatic heterocycles. The van der Waals surface area contributed by atoms with E-state index in [0.29, 0.717) is 19.8 Å². The summed E-state index contributed by atoms with van der Waals surface area (Å²) in [6, 6.07) is 8.45. The van der Waals surface area contributed by atoms with E-state index in [1.165, 1.54) is 0 Å². The Morgan fingerprint density at radius 2 is 1.76 bits per heavy atom. The first kappa shape index (κ1) is 19.9. The van der Waals surface area contributed by atoms with Crippen LogP contribution in [0.1, 0.15) is 19.3 Å². The number of nitrogens with zero attached hydrogens (tertiary/aromatic N) is 2. The number of carbonyl (C=O) groups excluding carboxylic acids is 1. The van der Waals surface area contributed by atoms with Gasteiger partial charge in [0.2, 0.25) is 5.91 Å². The molecule has 1 aromatic carbocycles. The van der Waals surface area contributed by atoms with Crippen LogP contribution in [-0.4, -0.2) is 76.3 Å². The number of likely N-dealkylation sites (N-methyl/N-ethyl adjacent to an activating group) is 1. The molecule has 0 radical (unpaired) electrons. The summed E-state index contributed by atoms with van der Waals surface area (Å²) in [5.41, 5.74) is 0. The number of ether oxygens (including phenoxy) is 1. The average molecular weight is 368 g/mol. The van der Waals surface area contributed by atoms with E-state index < -0.39 is 9.84 Å². The molecule has 1 amide bonds. The van der Waals surface area contributed by atoms with E-state index in [0.717, 1.165) is 19.4 Å². The fourth-order valence-electron chi connectivity index (χ4n) is 2.93. The maximum Gasteiger partial charge on any atom is 0.223 e. The SMILES string of the molecule is CN(C)CCN(C(=O)CCS(=O)(=O)c1ccccc1)C1CCOCC1. The zero-order chi connectivity index (χ0) is 18.3. The third kappa shape index (κ3) is 6.09. The third-order valence-corrected chi connectivity index (χ3v) is 6.16. The van der Waals surface area contributed by atoms with Gasteiger partial charge in [0, 0.05) is 38.8 Å². The van der Waals surface area contributed by atoms with Gasteiger partial charge in [0.1, 0.15) is 0 Å². The molecule has 1 aliphatic rings. The minimum atomic E-state index is -3.43. The molecule has 1 heterocycles. The summed E-state index contributed by atoms with van der Waals surface area (Å²) in [7, 11) is 0.496. The molecule has 0 aromatic heterocycles. The van der Waals surface area contributed by atoms with Crippen LogP contribution in [0.25, 0.3) is 0 Å². The van der Waals surface area contributed by atoms with Gasteiger partial charge in [-0.25, -0.2) is 8.42 Å². The topological polar surface area (TPSA) is 66.9 Å². The van der Waals surface area contributed by atoms with Gasteiger partial charge in [-0.05, 0) is 39.1 Å². The number of sulfone groups is 1. The van der Waals surface area contributed by atoms with E-state index >= 15 is 0 Å². The molecule has 2 rings (SSSR count). The van der Waals surface area contributed by atoms with Crippen molar-refractivity contribution >= 4 is 15.7 Å².